The maximum Gasteiger partial charge on any atom is 3.00 e. The normalized spacial score (nSPS) is 10.3. The number of aliphatic hydroxyl groups excluding tert-OH is 1. The van der Waals surface area contributed by atoms with Gasteiger partial charge in [0.15, 0.2) is 0 Å². The molecule has 0 saturated heterocycles. The van der Waals surface area contributed by atoms with Gasteiger partial charge in [0.2, 0.25) is 0 Å². The molecule has 0 saturated carbocycles. The first-order chi connectivity index (χ1) is 7.91. The van der Waals surface area contributed by atoms with E-state index in [2.05, 4.69) is 0 Å². The second kappa shape index (κ2) is 16.2. The molecule has 9 N–H and O–H groups in total. The van der Waals surface area contributed by atoms with Crippen LogP contribution in [0.3, 0.4) is 0 Å². The van der Waals surface area contributed by atoms with Crippen molar-refractivity contribution in [3.8, 4) is 0 Å². The van der Waals surface area contributed by atoms with Crippen LogP contribution in [0.15, 0.2) is 0 Å². The second-order valence-electron chi connectivity index (χ2n) is 1.98. The zero-order valence-electron chi connectivity index (χ0n) is 9.49. The quantitative estimate of drug-likeness (QED) is 0.155. The molecule has 0 aliphatic rings. The summed E-state index contributed by atoms with van der Waals surface area (Å²) >= 11 is 0. The van der Waals surface area contributed by atoms with Gasteiger partial charge < -0.3 is 54.9 Å². The Morgan fingerprint density at radius 2 is 0.800 bits per heavy atom. The summed E-state index contributed by atoms with van der Waals surface area (Å²) < 4.78 is 26.3. The summed E-state index contributed by atoms with van der Waals surface area (Å²) in [5, 5.41) is 7.75. The molecule has 0 bridgehead atoms. The van der Waals surface area contributed by atoms with Gasteiger partial charge in [-0.05, 0) is 0 Å². The van der Waals surface area contributed by atoms with Crippen molar-refractivity contribution < 1.29 is 62.8 Å². The van der Waals surface area contributed by atoms with E-state index in [1.807, 2.05) is 0 Å². The zero-order chi connectivity index (χ0) is 16.9. The van der Waals surface area contributed by atoms with E-state index in [0.29, 0.717) is 6.54 Å². The van der Waals surface area contributed by atoms with Gasteiger partial charge in [-0.25, -0.2) is 0 Å². The topological polar surface area (TPSA) is 288 Å². The summed E-state index contributed by atoms with van der Waals surface area (Å²) in [6, 6.07) is 0. The van der Waals surface area contributed by atoms with Gasteiger partial charge >= 0.3 is 17.4 Å². The Morgan fingerprint density at radius 1 is 0.750 bits per heavy atom. The molecule has 0 rings (SSSR count). The maximum absolute atomic E-state index is 8.77. The Kier molecular flexibility index (Phi) is 26.4. The Bertz CT molecular complexity index is 241. The van der Waals surface area contributed by atoms with Gasteiger partial charge in [0.05, 0.1) is 6.61 Å². The minimum atomic E-state index is -4.89. The molecule has 14 nitrogen and oxygen atoms in total. The molecule has 0 aliphatic heterocycles. The van der Waals surface area contributed by atoms with Gasteiger partial charge in [0, 0.05) is 6.54 Å². The zero-order valence-corrected chi connectivity index (χ0v) is 13.3. The van der Waals surface area contributed by atoms with Crippen LogP contribution in [0, 0.1) is 0 Å². The number of hydrogen-bond donors (Lipinski definition) is 8. The third kappa shape index (κ3) is 1870. The molecular weight excluding hydrogens is 366 g/mol. The number of hydrogen-bond acceptors (Lipinski definition) is 8. The van der Waals surface area contributed by atoms with Gasteiger partial charge in [-0.3, -0.25) is 13.7 Å². The van der Waals surface area contributed by atoms with Crippen LogP contribution in [-0.2, 0) is 13.7 Å². The summed E-state index contributed by atoms with van der Waals surface area (Å²) in [6.45, 7) is 0.472. The van der Waals surface area contributed by atoms with Crippen molar-refractivity contribution in [2.75, 3.05) is 13.2 Å². The predicted molar refractivity (Wildman–Crippen MR) is 58.0 cm³/mol. The largest absolute Gasteiger partial charge is 3.00 e. The van der Waals surface area contributed by atoms with Crippen molar-refractivity contribution >= 4 is 40.8 Å². The molecule has 0 heterocycles. The number of phosphoric acid groups is 3. The van der Waals surface area contributed by atoms with Crippen molar-refractivity contribution in [3.63, 3.8) is 0 Å². The minimum absolute atomic E-state index is 0. The predicted octanol–water partition coefficient (Wildman–Crippen LogP) is -6.13. The minimum Gasteiger partial charge on any atom is -0.756 e. The second-order valence-corrected chi connectivity index (χ2v) is 4.93. The van der Waals surface area contributed by atoms with E-state index < -0.39 is 23.5 Å². The fourth-order valence-electron chi connectivity index (χ4n) is 0. The van der Waals surface area contributed by atoms with Gasteiger partial charge in [0.1, 0.15) is 0 Å². The SMILES string of the molecule is NCCO.O=P([O-])(O)O.O=P([O-])(O)O.O=P([O-])(O)O.[Al+3]. The molecule has 0 aromatic carbocycles. The first kappa shape index (κ1) is 32.7. The first-order valence-electron chi connectivity index (χ1n) is 3.52. The third-order valence-corrected chi connectivity index (χ3v) is 0.129. The van der Waals surface area contributed by atoms with Gasteiger partial charge in [-0.15, -0.1) is 0 Å². The summed E-state index contributed by atoms with van der Waals surface area (Å²) in [7, 11) is -14.7. The molecule has 0 radical (unpaired) electrons. The summed E-state index contributed by atoms with van der Waals surface area (Å²) in [5.74, 6) is 0. The van der Waals surface area contributed by atoms with E-state index >= 15 is 0 Å². The molecule has 0 atom stereocenters. The molecule has 0 spiro atoms. The third-order valence-electron chi connectivity index (χ3n) is 0.129. The summed E-state index contributed by atoms with van der Waals surface area (Å²) in [5.41, 5.74) is 4.78. The molecule has 0 aromatic heterocycles. The molecular formula is C2H13AlNO13P3. The average Bonchev–Trinajstić information content (AvgIpc) is 1.93. The fraction of sp³-hybridized carbons (Fsp3) is 1.00. The average molecular weight is 379 g/mol. The monoisotopic (exact) mass is 379 g/mol. The summed E-state index contributed by atoms with van der Waals surface area (Å²) in [4.78, 5) is 68.8. The van der Waals surface area contributed by atoms with E-state index in [9.17, 15) is 0 Å². The molecule has 0 unspecified atom stereocenters. The van der Waals surface area contributed by atoms with Gasteiger partial charge in [-0.1, -0.05) is 0 Å². The Hall–Kier alpha value is 0.782. The molecule has 0 aromatic rings. The van der Waals surface area contributed by atoms with E-state index in [-0.39, 0.29) is 24.0 Å². The van der Waals surface area contributed by atoms with Crippen LogP contribution < -0.4 is 20.4 Å². The number of aliphatic hydroxyl groups is 1. The van der Waals surface area contributed by atoms with Crippen LogP contribution in [0.25, 0.3) is 0 Å². The van der Waals surface area contributed by atoms with E-state index in [1.54, 1.807) is 0 Å². The molecule has 20 heavy (non-hydrogen) atoms. The Labute approximate surface area is 123 Å². The van der Waals surface area contributed by atoms with Crippen molar-refractivity contribution in [3.05, 3.63) is 0 Å². The smallest absolute Gasteiger partial charge is 0.756 e. The van der Waals surface area contributed by atoms with Crippen LogP contribution >= 0.6 is 23.5 Å². The van der Waals surface area contributed by atoms with E-state index in [0.717, 1.165) is 0 Å². The summed E-state index contributed by atoms with van der Waals surface area (Å²) in [6.07, 6.45) is 0. The van der Waals surface area contributed by atoms with Crippen molar-refractivity contribution in [2.45, 2.75) is 0 Å². The standard InChI is InChI=1S/C2H7NO.Al.3H3O4P/c3-1-2-4;;3*1-5(2,3)4/h4H,1-3H2;;3*(H3,1,2,3,4)/q;+3;;;/p-3. The van der Waals surface area contributed by atoms with Crippen molar-refractivity contribution in [2.24, 2.45) is 5.73 Å². The van der Waals surface area contributed by atoms with Crippen molar-refractivity contribution in [1.82, 2.24) is 0 Å². The molecule has 18 heteroatoms. The van der Waals surface area contributed by atoms with Gasteiger partial charge in [0.25, 0.3) is 23.5 Å². The molecule has 122 valence electrons. The Morgan fingerprint density at radius 3 is 0.800 bits per heavy atom. The molecule has 0 amide bonds. The van der Waals surface area contributed by atoms with E-state index in [4.69, 9.17) is 68.6 Å². The molecule has 0 aliphatic carbocycles. The maximum atomic E-state index is 8.77. The number of nitrogens with two attached hydrogens (primary N) is 1. The molecule has 0 fully saturated rings. The first-order valence-corrected chi connectivity index (χ1v) is 8.11. The number of rotatable bonds is 1. The van der Waals surface area contributed by atoms with Crippen LogP contribution in [0.1, 0.15) is 0 Å². The fourth-order valence-corrected chi connectivity index (χ4v) is 0. The van der Waals surface area contributed by atoms with Crippen molar-refractivity contribution in [1.29, 1.82) is 0 Å². The van der Waals surface area contributed by atoms with Crippen LogP contribution in [0.2, 0.25) is 0 Å². The van der Waals surface area contributed by atoms with Crippen LogP contribution in [0.5, 0.6) is 0 Å². The van der Waals surface area contributed by atoms with Gasteiger partial charge in [-0.2, -0.15) is 0 Å². The van der Waals surface area contributed by atoms with Crippen LogP contribution in [-0.4, -0.2) is 65.0 Å². The Balaban J connectivity index is -0.0000000494. The van der Waals surface area contributed by atoms with E-state index in [1.165, 1.54) is 0 Å². The van der Waals surface area contributed by atoms with Crippen LogP contribution in [0.4, 0.5) is 0 Å².